The Hall–Kier alpha value is -4.09. The first-order valence-corrected chi connectivity index (χ1v) is 11.1. The molecule has 0 saturated heterocycles. The smallest absolute Gasteiger partial charge is 0.335 e. The maximum absolute atomic E-state index is 13.0. The van der Waals surface area contributed by atoms with Crippen LogP contribution < -0.4 is 10.2 Å². The lowest BCUT2D eigenvalue weighted by atomic mass is 10.1. The molecule has 0 fully saturated rings. The molecule has 0 bridgehead atoms. The van der Waals surface area contributed by atoms with Crippen molar-refractivity contribution in [2.75, 3.05) is 10.2 Å². The fraction of sp³-hybridized carbons (Fsp3) is 0.0714. The summed E-state index contributed by atoms with van der Waals surface area (Å²) in [6, 6.07) is 31.3. The second-order valence-corrected chi connectivity index (χ2v) is 8.26. The van der Waals surface area contributed by atoms with Gasteiger partial charge in [0.05, 0.1) is 16.9 Å². The van der Waals surface area contributed by atoms with Gasteiger partial charge in [-0.05, 0) is 53.6 Å². The van der Waals surface area contributed by atoms with Crippen molar-refractivity contribution in [3.8, 4) is 0 Å². The van der Waals surface area contributed by atoms with Crippen LogP contribution in [0.2, 0.25) is 5.02 Å². The van der Waals surface area contributed by atoms with E-state index in [1.807, 2.05) is 60.7 Å². The highest BCUT2D eigenvalue weighted by Crippen LogP contribution is 2.31. The minimum atomic E-state index is -1.06. The molecule has 4 rings (SSSR count). The number of rotatable bonds is 8. The van der Waals surface area contributed by atoms with Crippen LogP contribution in [0.15, 0.2) is 103 Å². The molecule has 6 heteroatoms. The summed E-state index contributed by atoms with van der Waals surface area (Å²) in [4.78, 5) is 26.8. The first kappa shape index (κ1) is 23.1. The van der Waals surface area contributed by atoms with Crippen LogP contribution in [0.25, 0.3) is 0 Å². The van der Waals surface area contributed by atoms with Crippen LogP contribution >= 0.6 is 11.6 Å². The molecule has 0 atom stereocenters. The average Bonchev–Trinajstić information content (AvgIpc) is 2.85. The first-order valence-electron chi connectivity index (χ1n) is 10.8. The van der Waals surface area contributed by atoms with Gasteiger partial charge in [-0.3, -0.25) is 4.79 Å². The van der Waals surface area contributed by atoms with E-state index >= 15 is 0 Å². The van der Waals surface area contributed by atoms with Crippen molar-refractivity contribution in [1.29, 1.82) is 0 Å². The quantitative estimate of drug-likeness (QED) is 0.308. The summed E-state index contributed by atoms with van der Waals surface area (Å²) in [5, 5.41) is 13.0. The number of carboxylic acids is 1. The molecule has 0 unspecified atom stereocenters. The molecule has 5 nitrogen and oxygen atoms in total. The van der Waals surface area contributed by atoms with Crippen molar-refractivity contribution in [1.82, 2.24) is 0 Å². The molecule has 0 aliphatic rings. The predicted octanol–water partition coefficient (Wildman–Crippen LogP) is 6.50. The number of halogens is 1. The number of anilines is 2. The molecule has 0 aliphatic heterocycles. The molecular formula is C28H23ClN2O3. The van der Waals surface area contributed by atoms with Crippen LogP contribution in [-0.4, -0.2) is 17.0 Å². The van der Waals surface area contributed by atoms with Gasteiger partial charge in [-0.15, -0.1) is 0 Å². The van der Waals surface area contributed by atoms with Crippen molar-refractivity contribution in [3.05, 3.63) is 130 Å². The monoisotopic (exact) mass is 470 g/mol. The zero-order valence-corrected chi connectivity index (χ0v) is 19.1. The number of hydrogen-bond acceptors (Lipinski definition) is 3. The number of nitrogens with zero attached hydrogens (tertiary/aromatic N) is 1. The summed E-state index contributed by atoms with van der Waals surface area (Å²) in [6.07, 6.45) is 0. The number of carbonyl (C=O) groups is 2. The molecule has 0 radical (unpaired) electrons. The van der Waals surface area contributed by atoms with Crippen molar-refractivity contribution >= 4 is 34.9 Å². The Bertz CT molecular complexity index is 1230. The van der Waals surface area contributed by atoms with Crippen LogP contribution in [0.1, 0.15) is 31.8 Å². The van der Waals surface area contributed by atoms with Crippen LogP contribution in [-0.2, 0) is 13.1 Å². The van der Waals surface area contributed by atoms with Gasteiger partial charge >= 0.3 is 5.97 Å². The van der Waals surface area contributed by atoms with E-state index in [4.69, 9.17) is 11.6 Å². The third kappa shape index (κ3) is 5.82. The average molecular weight is 471 g/mol. The third-order valence-electron chi connectivity index (χ3n) is 5.37. The van der Waals surface area contributed by atoms with Crippen molar-refractivity contribution < 1.29 is 14.7 Å². The fourth-order valence-corrected chi connectivity index (χ4v) is 3.80. The van der Waals surface area contributed by atoms with Crippen LogP contribution in [0.4, 0.5) is 11.4 Å². The molecular weight excluding hydrogens is 448 g/mol. The Morgan fingerprint density at radius 3 is 1.79 bits per heavy atom. The van der Waals surface area contributed by atoms with Gasteiger partial charge in [0.25, 0.3) is 5.91 Å². The van der Waals surface area contributed by atoms with Gasteiger partial charge < -0.3 is 15.3 Å². The topological polar surface area (TPSA) is 69.6 Å². The lowest BCUT2D eigenvalue weighted by molar-refractivity contribution is 0.0696. The number of benzene rings is 4. The van der Waals surface area contributed by atoms with Crippen molar-refractivity contribution in [3.63, 3.8) is 0 Å². The highest BCUT2D eigenvalue weighted by atomic mass is 35.5. The van der Waals surface area contributed by atoms with E-state index in [-0.39, 0.29) is 11.5 Å². The summed E-state index contributed by atoms with van der Waals surface area (Å²) in [5.41, 5.74) is 3.85. The summed E-state index contributed by atoms with van der Waals surface area (Å²) >= 11 is 5.95. The van der Waals surface area contributed by atoms with Crippen molar-refractivity contribution in [2.24, 2.45) is 0 Å². The van der Waals surface area contributed by atoms with E-state index < -0.39 is 5.97 Å². The fourth-order valence-electron chi connectivity index (χ4n) is 3.67. The second-order valence-electron chi connectivity index (χ2n) is 7.83. The maximum atomic E-state index is 13.0. The molecule has 170 valence electrons. The van der Waals surface area contributed by atoms with E-state index in [2.05, 4.69) is 10.2 Å². The van der Waals surface area contributed by atoms with Gasteiger partial charge in [-0.2, -0.15) is 0 Å². The molecule has 1 amide bonds. The Kier molecular flexibility index (Phi) is 7.25. The number of carbonyl (C=O) groups excluding carboxylic acids is 1. The van der Waals surface area contributed by atoms with E-state index in [9.17, 15) is 14.7 Å². The highest BCUT2D eigenvalue weighted by molar-refractivity contribution is 6.30. The number of nitrogens with one attached hydrogen (secondary N) is 1. The SMILES string of the molecule is O=C(O)c1ccc(N(Cc2ccccc2)Cc2ccccc2)c(NC(=O)c2ccc(Cl)cc2)c1. The summed E-state index contributed by atoms with van der Waals surface area (Å²) in [5.74, 6) is -1.41. The number of amides is 1. The Labute approximate surface area is 203 Å². The van der Waals surface area contributed by atoms with Crippen molar-refractivity contribution in [2.45, 2.75) is 13.1 Å². The summed E-state index contributed by atoms with van der Waals surface area (Å²) in [6.45, 7) is 1.15. The molecule has 0 saturated carbocycles. The highest BCUT2D eigenvalue weighted by Gasteiger charge is 2.18. The number of aromatic carboxylic acids is 1. The largest absolute Gasteiger partial charge is 0.478 e. The van der Waals surface area contributed by atoms with Crippen LogP contribution in [0, 0.1) is 0 Å². The van der Waals surface area contributed by atoms with Crippen LogP contribution in [0.5, 0.6) is 0 Å². The van der Waals surface area contributed by atoms with Gasteiger partial charge in [-0.1, -0.05) is 72.3 Å². The van der Waals surface area contributed by atoms with Crippen LogP contribution in [0.3, 0.4) is 0 Å². The molecule has 4 aromatic carbocycles. The lowest BCUT2D eigenvalue weighted by Gasteiger charge is -2.28. The minimum absolute atomic E-state index is 0.0922. The Balaban J connectivity index is 1.73. The molecule has 2 N–H and O–H groups in total. The Morgan fingerprint density at radius 1 is 0.735 bits per heavy atom. The van der Waals surface area contributed by atoms with Gasteiger partial charge in [-0.25, -0.2) is 4.79 Å². The van der Waals surface area contributed by atoms with E-state index in [0.29, 0.717) is 29.4 Å². The van der Waals surface area contributed by atoms with Gasteiger partial charge in [0.1, 0.15) is 0 Å². The molecule has 0 aliphatic carbocycles. The molecule has 4 aromatic rings. The van der Waals surface area contributed by atoms with E-state index in [1.54, 1.807) is 36.4 Å². The Morgan fingerprint density at radius 2 is 1.26 bits per heavy atom. The standard InChI is InChI=1S/C28H23ClN2O3/c29-24-14-11-22(12-15-24)27(32)30-25-17-23(28(33)34)13-16-26(25)31(18-20-7-3-1-4-8-20)19-21-9-5-2-6-10-21/h1-17H,18-19H2,(H,30,32)(H,33,34). The maximum Gasteiger partial charge on any atom is 0.335 e. The molecule has 0 heterocycles. The predicted molar refractivity (Wildman–Crippen MR) is 136 cm³/mol. The van der Waals surface area contributed by atoms with Gasteiger partial charge in [0, 0.05) is 23.7 Å². The van der Waals surface area contributed by atoms with Gasteiger partial charge in [0.15, 0.2) is 0 Å². The lowest BCUT2D eigenvalue weighted by Crippen LogP contribution is -2.24. The number of carboxylic acid groups (broad SMARTS) is 1. The third-order valence-corrected chi connectivity index (χ3v) is 5.62. The zero-order valence-electron chi connectivity index (χ0n) is 18.3. The second kappa shape index (κ2) is 10.7. The molecule has 34 heavy (non-hydrogen) atoms. The van der Waals surface area contributed by atoms with Gasteiger partial charge in [0.2, 0.25) is 0 Å². The molecule has 0 aromatic heterocycles. The number of hydrogen-bond donors (Lipinski definition) is 2. The molecule has 0 spiro atoms. The summed E-state index contributed by atoms with van der Waals surface area (Å²) in [7, 11) is 0. The van der Waals surface area contributed by atoms with E-state index in [1.165, 1.54) is 6.07 Å². The summed E-state index contributed by atoms with van der Waals surface area (Å²) < 4.78 is 0. The normalized spacial score (nSPS) is 10.5. The first-order chi connectivity index (χ1) is 16.5. The van der Waals surface area contributed by atoms with E-state index in [0.717, 1.165) is 16.8 Å². The minimum Gasteiger partial charge on any atom is -0.478 e. The zero-order chi connectivity index (χ0) is 23.9.